The highest BCUT2D eigenvalue weighted by molar-refractivity contribution is 7.79. The van der Waals surface area contributed by atoms with Gasteiger partial charge in [-0.15, -0.1) is 0 Å². The standard InChI is InChI=1S/C16H12B2N2O2/c1-7-10(21)5-3-8-2-4-9-12(11(7)8)13-19-16-15(17(16)18(15)16)6-20(13)14(9)22/h3-5,12,21H,2,6H2,1H3. The second-order valence-corrected chi connectivity index (χ2v) is 7.76. The van der Waals surface area contributed by atoms with Crippen molar-refractivity contribution in [2.75, 3.05) is 6.54 Å². The number of phenols is 1. The van der Waals surface area contributed by atoms with Gasteiger partial charge in [-0.05, 0) is 41.4 Å². The monoisotopic (exact) mass is 286 g/mol. The fourth-order valence-electron chi connectivity index (χ4n) is 5.76. The maximum Gasteiger partial charge on any atom is 0.255 e. The van der Waals surface area contributed by atoms with Gasteiger partial charge in [0.25, 0.3) is 5.91 Å². The molecule has 1 aromatic carbocycles. The minimum Gasteiger partial charge on any atom is -0.508 e. The van der Waals surface area contributed by atoms with Crippen LogP contribution in [-0.2, 0) is 11.2 Å². The average molecular weight is 286 g/mol. The minimum atomic E-state index is -0.0451. The molecule has 6 heterocycles. The van der Waals surface area contributed by atoms with Gasteiger partial charge >= 0.3 is 0 Å². The number of carbonyl (C=O) groups is 1. The number of benzene rings is 1. The van der Waals surface area contributed by atoms with Crippen LogP contribution in [0, 0.1) is 6.92 Å². The summed E-state index contributed by atoms with van der Waals surface area (Å²) < 4.78 is 0. The van der Waals surface area contributed by atoms with Gasteiger partial charge in [0.1, 0.15) is 24.8 Å². The van der Waals surface area contributed by atoms with Crippen LogP contribution in [0.4, 0.5) is 0 Å². The predicted octanol–water partition coefficient (Wildman–Crippen LogP) is 0.727. The lowest BCUT2D eigenvalue weighted by Crippen LogP contribution is -2.34. The van der Waals surface area contributed by atoms with Crippen LogP contribution >= 0.6 is 0 Å². The van der Waals surface area contributed by atoms with Crippen LogP contribution in [0.2, 0.25) is 5.21 Å². The maximum atomic E-state index is 12.8. The molecule has 4 nitrogen and oxygen atoms in total. The molecular weight excluding hydrogens is 274 g/mol. The van der Waals surface area contributed by atoms with E-state index < -0.39 is 0 Å². The molecule has 2 spiro atoms. The summed E-state index contributed by atoms with van der Waals surface area (Å²) in [6, 6.07) is 3.75. The fraction of sp³-hybridized carbons (Fsp3) is 0.375. The van der Waals surface area contributed by atoms with Gasteiger partial charge in [0, 0.05) is 12.1 Å². The zero-order chi connectivity index (χ0) is 14.6. The van der Waals surface area contributed by atoms with Gasteiger partial charge in [-0.1, -0.05) is 17.4 Å². The summed E-state index contributed by atoms with van der Waals surface area (Å²) in [5, 5.41) is 10.8. The fourth-order valence-corrected chi connectivity index (χ4v) is 5.76. The Balaban J connectivity index is 1.51. The van der Waals surface area contributed by atoms with E-state index in [2.05, 4.69) is 6.08 Å². The molecular formula is C16H12B2N2O2. The highest BCUT2D eigenvalue weighted by atomic mass is 16.3. The third-order valence-corrected chi connectivity index (χ3v) is 7.22. The van der Waals surface area contributed by atoms with E-state index in [1.165, 1.54) is 5.56 Å². The average Bonchev–Trinajstić information content (AvgIpc) is 3.42. The van der Waals surface area contributed by atoms with Crippen molar-refractivity contribution in [3.8, 4) is 5.75 Å². The van der Waals surface area contributed by atoms with Crippen molar-refractivity contribution in [2.45, 2.75) is 29.8 Å². The molecule has 8 rings (SSSR count). The maximum absolute atomic E-state index is 12.8. The number of hydrogen-bond acceptors (Lipinski definition) is 3. The first-order valence-corrected chi connectivity index (χ1v) is 8.06. The molecule has 22 heavy (non-hydrogen) atoms. The lowest BCUT2D eigenvalue weighted by molar-refractivity contribution is -0.122. The summed E-state index contributed by atoms with van der Waals surface area (Å²) >= 11 is 0. The number of nitrogens with zero attached hydrogens (tertiary/aromatic N) is 2. The smallest absolute Gasteiger partial charge is 0.255 e. The van der Waals surface area contributed by atoms with Crippen LogP contribution in [0.25, 0.3) is 0 Å². The van der Waals surface area contributed by atoms with Gasteiger partial charge in [0.2, 0.25) is 0 Å². The molecule has 104 valence electrons. The predicted molar refractivity (Wildman–Crippen MR) is 83.5 cm³/mol. The van der Waals surface area contributed by atoms with Crippen molar-refractivity contribution in [1.82, 2.24) is 4.90 Å². The summed E-state index contributed by atoms with van der Waals surface area (Å²) in [6.07, 6.45) is 2.85. The van der Waals surface area contributed by atoms with Crippen LogP contribution in [-0.4, -0.2) is 46.8 Å². The number of amidine groups is 1. The molecule has 1 unspecified atom stereocenters. The van der Waals surface area contributed by atoms with E-state index in [4.69, 9.17) is 4.99 Å². The Bertz CT molecular complexity index is 924. The lowest BCUT2D eigenvalue weighted by Gasteiger charge is -2.26. The van der Waals surface area contributed by atoms with E-state index in [9.17, 15) is 9.90 Å². The number of fused-ring (bicyclic) bond motifs is 5. The van der Waals surface area contributed by atoms with E-state index in [0.717, 1.165) is 48.7 Å². The van der Waals surface area contributed by atoms with Crippen molar-refractivity contribution >= 4 is 24.9 Å². The van der Waals surface area contributed by atoms with Crippen molar-refractivity contribution in [3.05, 3.63) is 40.5 Å². The van der Waals surface area contributed by atoms with Crippen LogP contribution in [0.5, 0.6) is 5.75 Å². The molecule has 5 fully saturated rings. The van der Waals surface area contributed by atoms with Crippen LogP contribution in [0.3, 0.4) is 0 Å². The third-order valence-electron chi connectivity index (χ3n) is 7.22. The SMILES string of the molecule is Cc1c(O)ccc2c1C1C(=CC2)C(=O)N2CC34B5B3C54N=C12. The number of aromatic hydroxyl groups is 1. The summed E-state index contributed by atoms with van der Waals surface area (Å²) in [5.41, 5.74) is 4.11. The van der Waals surface area contributed by atoms with E-state index in [0.29, 0.717) is 11.0 Å². The summed E-state index contributed by atoms with van der Waals surface area (Å²) in [4.78, 5) is 19.8. The van der Waals surface area contributed by atoms with Crippen molar-refractivity contribution in [2.24, 2.45) is 4.99 Å². The Hall–Kier alpha value is -1.97. The second kappa shape index (κ2) is 2.57. The summed E-state index contributed by atoms with van der Waals surface area (Å²) in [7, 11) is 0. The normalized spacial score (nSPS) is 40.1. The Kier molecular flexibility index (Phi) is 1.25. The number of phenolic OH excluding ortho intramolecular Hbond substituents is 1. The number of hydrogen-bond donors (Lipinski definition) is 1. The van der Waals surface area contributed by atoms with Crippen molar-refractivity contribution in [3.63, 3.8) is 0 Å². The zero-order valence-corrected chi connectivity index (χ0v) is 12.1. The quantitative estimate of drug-likeness (QED) is 0.715. The van der Waals surface area contributed by atoms with Crippen LogP contribution < -0.4 is 0 Å². The largest absolute Gasteiger partial charge is 0.508 e. The van der Waals surface area contributed by atoms with E-state index >= 15 is 0 Å². The van der Waals surface area contributed by atoms with Gasteiger partial charge in [0.05, 0.1) is 5.92 Å². The number of aliphatic imine (C=N–C) groups is 1. The second-order valence-electron chi connectivity index (χ2n) is 7.76. The number of allylic oxidation sites excluding steroid dienone is 1. The molecule has 1 aromatic rings. The first-order valence-electron chi connectivity index (χ1n) is 8.06. The van der Waals surface area contributed by atoms with Gasteiger partial charge in [-0.2, -0.15) is 0 Å². The summed E-state index contributed by atoms with van der Waals surface area (Å²) in [6.45, 7) is 4.44. The molecule has 0 radical (unpaired) electrons. The molecule has 1 atom stereocenters. The molecule has 1 N–H and O–H groups in total. The molecule has 0 aromatic heterocycles. The first-order chi connectivity index (χ1) is 10.6. The van der Waals surface area contributed by atoms with Crippen molar-refractivity contribution < 1.29 is 9.90 Å². The Morgan fingerprint density at radius 3 is 3.05 bits per heavy atom. The van der Waals surface area contributed by atoms with Gasteiger partial charge < -0.3 is 5.11 Å². The first kappa shape index (κ1) is 10.7. The number of rotatable bonds is 0. The highest BCUT2D eigenvalue weighted by Gasteiger charge is 3.23. The van der Waals surface area contributed by atoms with E-state index in [1.54, 1.807) is 6.07 Å². The highest BCUT2D eigenvalue weighted by Crippen LogP contribution is 3.05. The zero-order valence-electron chi connectivity index (χ0n) is 12.1. The summed E-state index contributed by atoms with van der Waals surface area (Å²) in [5.74, 6) is 1.39. The van der Waals surface area contributed by atoms with Gasteiger partial charge in [-0.25, -0.2) is 0 Å². The topological polar surface area (TPSA) is 52.9 Å². The minimum absolute atomic E-state index is 0.0451. The molecule has 7 aliphatic rings. The molecule has 1 aliphatic carbocycles. The molecule has 1 amide bonds. The Morgan fingerprint density at radius 2 is 2.23 bits per heavy atom. The number of carbonyl (C=O) groups excluding carboxylic acids is 1. The van der Waals surface area contributed by atoms with Crippen LogP contribution in [0.1, 0.15) is 22.6 Å². The Labute approximate surface area is 128 Å². The van der Waals surface area contributed by atoms with E-state index in [1.807, 2.05) is 17.9 Å². The molecule has 5 saturated heterocycles. The van der Waals surface area contributed by atoms with Crippen molar-refractivity contribution in [1.29, 1.82) is 0 Å². The molecule has 6 aliphatic heterocycles. The Morgan fingerprint density at radius 1 is 1.41 bits per heavy atom. The van der Waals surface area contributed by atoms with Gasteiger partial charge in [0.15, 0.2) is 0 Å². The lowest BCUT2D eigenvalue weighted by atomic mass is 9.80. The van der Waals surface area contributed by atoms with E-state index in [-0.39, 0.29) is 17.2 Å². The third kappa shape index (κ3) is 0.758. The van der Waals surface area contributed by atoms with Gasteiger partial charge in [-0.3, -0.25) is 14.7 Å². The molecule has 0 bridgehead atoms. The molecule has 0 saturated carbocycles. The van der Waals surface area contributed by atoms with Crippen LogP contribution in [0.15, 0.2) is 28.8 Å². The number of amides is 1. The molecule has 6 heteroatoms.